The lowest BCUT2D eigenvalue weighted by Gasteiger charge is -2.21. The van der Waals surface area contributed by atoms with E-state index in [9.17, 15) is 19.7 Å². The maximum absolute atomic E-state index is 12.5. The number of nitro groups is 1. The molecule has 30 heavy (non-hydrogen) atoms. The van der Waals surface area contributed by atoms with Crippen molar-refractivity contribution in [1.82, 2.24) is 4.90 Å². The molecule has 0 aliphatic carbocycles. The first-order valence-corrected chi connectivity index (χ1v) is 9.27. The zero-order valence-electron chi connectivity index (χ0n) is 16.0. The van der Waals surface area contributed by atoms with Gasteiger partial charge in [0.25, 0.3) is 5.69 Å². The Morgan fingerprint density at radius 1 is 1.17 bits per heavy atom. The lowest BCUT2D eigenvalue weighted by atomic mass is 10.1. The Bertz CT molecular complexity index is 955. The normalized spacial score (nSPS) is 17.8. The smallest absolute Gasteiger partial charge is 0.410 e. The number of carbonyl (C=O) groups is 2. The van der Waals surface area contributed by atoms with Crippen molar-refractivity contribution in [3.63, 3.8) is 0 Å². The molecule has 0 unspecified atom stereocenters. The van der Waals surface area contributed by atoms with Gasteiger partial charge in [-0.1, -0.05) is 18.2 Å². The molecule has 2 aromatic rings. The molecule has 1 heterocycles. The first-order chi connectivity index (χ1) is 14.5. The fourth-order valence-electron chi connectivity index (χ4n) is 3.22. The van der Waals surface area contributed by atoms with E-state index in [0.29, 0.717) is 17.5 Å². The minimum absolute atomic E-state index is 0.0539. The Labute approximate surface area is 172 Å². The third-order valence-electron chi connectivity index (χ3n) is 4.73. The number of nitro benzene ring substituents is 1. The predicted octanol–water partition coefficient (Wildman–Crippen LogP) is 3.44. The number of non-ortho nitro benzene ring substituents is 1. The van der Waals surface area contributed by atoms with E-state index in [1.807, 2.05) is 6.07 Å². The van der Waals surface area contributed by atoms with E-state index in [1.165, 1.54) is 29.2 Å². The summed E-state index contributed by atoms with van der Waals surface area (Å²) in [6.45, 7) is 0.0606. The van der Waals surface area contributed by atoms with Crippen molar-refractivity contribution in [3.8, 4) is 6.07 Å². The number of benzene rings is 2. The number of nitriles is 1. The van der Waals surface area contributed by atoms with Gasteiger partial charge in [0.2, 0.25) is 0 Å². The zero-order chi connectivity index (χ0) is 21.5. The summed E-state index contributed by atoms with van der Waals surface area (Å²) in [5.74, 6) is -0.489. The average Bonchev–Trinajstić information content (AvgIpc) is 3.15. The minimum Gasteiger partial charge on any atom is -0.457 e. The van der Waals surface area contributed by atoms with E-state index in [0.717, 1.165) is 0 Å². The monoisotopic (exact) mass is 409 g/mol. The number of esters is 1. The molecule has 0 bridgehead atoms. The van der Waals surface area contributed by atoms with Crippen LogP contribution in [0, 0.1) is 21.4 Å². The van der Waals surface area contributed by atoms with Crippen LogP contribution in [0.15, 0.2) is 54.6 Å². The van der Waals surface area contributed by atoms with Crippen molar-refractivity contribution >= 4 is 17.7 Å². The summed E-state index contributed by atoms with van der Waals surface area (Å²) in [4.78, 5) is 36.4. The van der Waals surface area contributed by atoms with E-state index in [1.54, 1.807) is 30.3 Å². The second kappa shape index (κ2) is 9.52. The molecule has 3 rings (SSSR count). The van der Waals surface area contributed by atoms with Crippen LogP contribution in [0.25, 0.3) is 0 Å². The van der Waals surface area contributed by atoms with Gasteiger partial charge in [-0.15, -0.1) is 0 Å². The van der Waals surface area contributed by atoms with Gasteiger partial charge in [-0.3, -0.25) is 10.1 Å². The Kier molecular flexibility index (Phi) is 6.60. The summed E-state index contributed by atoms with van der Waals surface area (Å²) < 4.78 is 10.8. The molecule has 0 aromatic heterocycles. The largest absolute Gasteiger partial charge is 0.457 e. The van der Waals surface area contributed by atoms with Crippen LogP contribution < -0.4 is 0 Å². The van der Waals surface area contributed by atoms with Crippen molar-refractivity contribution < 1.29 is 24.0 Å². The second-order valence-electron chi connectivity index (χ2n) is 6.78. The van der Waals surface area contributed by atoms with Gasteiger partial charge in [0.15, 0.2) is 0 Å². The fourth-order valence-corrected chi connectivity index (χ4v) is 3.22. The number of ether oxygens (including phenoxy) is 2. The molecule has 0 spiro atoms. The zero-order valence-corrected chi connectivity index (χ0v) is 16.0. The highest BCUT2D eigenvalue weighted by Crippen LogP contribution is 2.25. The van der Waals surface area contributed by atoms with Crippen LogP contribution in [-0.4, -0.2) is 40.6 Å². The molecular weight excluding hydrogens is 390 g/mol. The Morgan fingerprint density at radius 2 is 1.87 bits per heavy atom. The molecule has 9 nitrogen and oxygen atoms in total. The molecule has 2 aromatic carbocycles. The van der Waals surface area contributed by atoms with Crippen molar-refractivity contribution in [3.05, 3.63) is 75.8 Å². The number of amides is 1. The molecular formula is C21H19N3O6. The summed E-state index contributed by atoms with van der Waals surface area (Å²) in [5.41, 5.74) is 0.951. The molecule has 0 N–H and O–H groups in total. The van der Waals surface area contributed by atoms with Gasteiger partial charge in [0.1, 0.15) is 12.7 Å². The standard InChI is InChI=1S/C21H19N3O6/c22-11-10-18-12-19(30-20(25)16-4-2-1-3-5-16)13-23(18)21(26)29-14-15-6-8-17(9-7-15)24(27)28/h1-9,18-19H,10,12-14H2/t18-,19+/m0/s1. The highest BCUT2D eigenvalue weighted by Gasteiger charge is 2.38. The number of rotatable bonds is 6. The first-order valence-electron chi connectivity index (χ1n) is 9.27. The van der Waals surface area contributed by atoms with Crippen molar-refractivity contribution in [2.45, 2.75) is 31.6 Å². The van der Waals surface area contributed by atoms with Crippen LogP contribution >= 0.6 is 0 Å². The maximum atomic E-state index is 12.5. The summed E-state index contributed by atoms with van der Waals surface area (Å²) in [7, 11) is 0. The average molecular weight is 409 g/mol. The molecule has 2 atom stereocenters. The molecule has 1 aliphatic heterocycles. The summed E-state index contributed by atoms with van der Waals surface area (Å²) >= 11 is 0. The lowest BCUT2D eigenvalue weighted by molar-refractivity contribution is -0.384. The number of hydrogen-bond donors (Lipinski definition) is 0. The predicted molar refractivity (Wildman–Crippen MR) is 104 cm³/mol. The third kappa shape index (κ3) is 5.11. The first kappa shape index (κ1) is 20.8. The topological polar surface area (TPSA) is 123 Å². The second-order valence-corrected chi connectivity index (χ2v) is 6.78. The maximum Gasteiger partial charge on any atom is 0.410 e. The van der Waals surface area contributed by atoms with Crippen LogP contribution in [0.3, 0.4) is 0 Å². The molecule has 9 heteroatoms. The van der Waals surface area contributed by atoms with Gasteiger partial charge in [0, 0.05) is 18.6 Å². The minimum atomic E-state index is -0.633. The van der Waals surface area contributed by atoms with Crippen molar-refractivity contribution in [2.75, 3.05) is 6.54 Å². The summed E-state index contributed by atoms with van der Waals surface area (Å²) in [5, 5.41) is 19.8. The molecule has 1 amide bonds. The Balaban J connectivity index is 1.58. The molecule has 1 fully saturated rings. The van der Waals surface area contributed by atoms with Crippen LogP contribution in [0.1, 0.15) is 28.8 Å². The van der Waals surface area contributed by atoms with Crippen LogP contribution in [0.5, 0.6) is 0 Å². The highest BCUT2D eigenvalue weighted by molar-refractivity contribution is 5.89. The van der Waals surface area contributed by atoms with Gasteiger partial charge in [-0.05, 0) is 29.8 Å². The summed E-state index contributed by atoms with van der Waals surface area (Å²) in [6.07, 6.45) is -0.736. The Hall–Kier alpha value is -3.93. The van der Waals surface area contributed by atoms with Crippen LogP contribution in [0.4, 0.5) is 10.5 Å². The van der Waals surface area contributed by atoms with E-state index in [2.05, 4.69) is 0 Å². The number of nitrogens with zero attached hydrogens (tertiary/aromatic N) is 3. The van der Waals surface area contributed by atoms with E-state index < -0.39 is 29.1 Å². The van der Waals surface area contributed by atoms with E-state index in [4.69, 9.17) is 14.7 Å². The lowest BCUT2D eigenvalue weighted by Crippen LogP contribution is -2.36. The molecule has 1 aliphatic rings. The van der Waals surface area contributed by atoms with Crippen LogP contribution in [-0.2, 0) is 16.1 Å². The molecule has 1 saturated heterocycles. The summed E-state index contributed by atoms with van der Waals surface area (Å²) in [6, 6.07) is 15.8. The van der Waals surface area contributed by atoms with Gasteiger partial charge in [-0.2, -0.15) is 5.26 Å². The third-order valence-corrected chi connectivity index (χ3v) is 4.73. The quantitative estimate of drug-likeness (QED) is 0.407. The van der Waals surface area contributed by atoms with Gasteiger partial charge >= 0.3 is 12.1 Å². The molecule has 0 radical (unpaired) electrons. The van der Waals surface area contributed by atoms with Gasteiger partial charge in [-0.25, -0.2) is 9.59 Å². The number of likely N-dealkylation sites (tertiary alicyclic amines) is 1. The molecule has 0 saturated carbocycles. The number of carbonyl (C=O) groups excluding carboxylic acids is 2. The van der Waals surface area contributed by atoms with Gasteiger partial charge < -0.3 is 14.4 Å². The van der Waals surface area contributed by atoms with E-state index >= 15 is 0 Å². The van der Waals surface area contributed by atoms with Crippen LogP contribution in [0.2, 0.25) is 0 Å². The van der Waals surface area contributed by atoms with Gasteiger partial charge in [0.05, 0.1) is 35.6 Å². The SMILES string of the molecule is N#CC[C@H]1C[C@@H](OC(=O)c2ccccc2)CN1C(=O)OCc1ccc([N+](=O)[O-])cc1. The van der Waals surface area contributed by atoms with E-state index in [-0.39, 0.29) is 25.3 Å². The van der Waals surface area contributed by atoms with Crippen molar-refractivity contribution in [1.29, 1.82) is 5.26 Å². The Morgan fingerprint density at radius 3 is 2.50 bits per heavy atom. The van der Waals surface area contributed by atoms with Crippen molar-refractivity contribution in [2.24, 2.45) is 0 Å². The highest BCUT2D eigenvalue weighted by atomic mass is 16.6. The number of hydrogen-bond acceptors (Lipinski definition) is 7. The fraction of sp³-hybridized carbons (Fsp3) is 0.286. The molecule has 154 valence electrons.